The van der Waals surface area contributed by atoms with Gasteiger partial charge in [-0.25, -0.2) is 0 Å². The summed E-state index contributed by atoms with van der Waals surface area (Å²) in [5, 5.41) is 7.13. The molecule has 1 aliphatic rings. The summed E-state index contributed by atoms with van der Waals surface area (Å²) in [6.45, 7) is 2.94. The molecule has 1 heterocycles. The Morgan fingerprint density at radius 2 is 1.76 bits per heavy atom. The van der Waals surface area contributed by atoms with Crippen molar-refractivity contribution >= 4 is 35.6 Å². The summed E-state index contributed by atoms with van der Waals surface area (Å²) in [5.41, 5.74) is 2.66. The van der Waals surface area contributed by atoms with Gasteiger partial charge in [0.2, 0.25) is 0 Å². The summed E-state index contributed by atoms with van der Waals surface area (Å²) in [7, 11) is 6.13. The molecule has 0 spiro atoms. The summed E-state index contributed by atoms with van der Waals surface area (Å²) >= 11 is 0. The molecule has 2 N–H and O–H groups in total. The van der Waals surface area contributed by atoms with E-state index in [1.807, 2.05) is 7.05 Å². The van der Waals surface area contributed by atoms with Crippen LogP contribution in [0.2, 0.25) is 0 Å². The lowest BCUT2D eigenvalue weighted by Gasteiger charge is -2.26. The molecule has 6 heteroatoms. The summed E-state index contributed by atoms with van der Waals surface area (Å²) in [6, 6.07) is 22.1. The lowest BCUT2D eigenvalue weighted by atomic mass is 10.1. The maximum atomic E-state index is 4.45. The summed E-state index contributed by atoms with van der Waals surface area (Å²) in [4.78, 5) is 9.16. The van der Waals surface area contributed by atoms with E-state index in [-0.39, 0.29) is 24.0 Å². The Labute approximate surface area is 192 Å². The van der Waals surface area contributed by atoms with E-state index >= 15 is 0 Å². The van der Waals surface area contributed by atoms with Crippen LogP contribution in [-0.4, -0.2) is 63.7 Å². The molecule has 0 bridgehead atoms. The van der Waals surface area contributed by atoms with Crippen LogP contribution in [-0.2, 0) is 6.42 Å². The highest BCUT2D eigenvalue weighted by Crippen LogP contribution is 2.19. The monoisotopic (exact) mass is 507 g/mol. The van der Waals surface area contributed by atoms with E-state index in [4.69, 9.17) is 0 Å². The number of anilines is 1. The van der Waals surface area contributed by atoms with Gasteiger partial charge in [-0.3, -0.25) is 4.99 Å². The number of hydrogen-bond acceptors (Lipinski definition) is 3. The molecular weight excluding hydrogens is 473 g/mol. The fraction of sp³-hybridized carbons (Fsp3) is 0.435. The molecule has 1 aliphatic heterocycles. The van der Waals surface area contributed by atoms with Crippen LogP contribution >= 0.6 is 24.0 Å². The molecule has 0 saturated carbocycles. The van der Waals surface area contributed by atoms with Gasteiger partial charge in [0.25, 0.3) is 0 Å². The Hall–Kier alpha value is -1.80. The third-order valence-electron chi connectivity index (χ3n) is 5.42. The van der Waals surface area contributed by atoms with Crippen LogP contribution in [0.4, 0.5) is 5.69 Å². The van der Waals surface area contributed by atoms with Gasteiger partial charge in [-0.2, -0.15) is 0 Å². The number of likely N-dealkylation sites (N-methyl/N-ethyl adjacent to an activating group) is 1. The van der Waals surface area contributed by atoms with Crippen molar-refractivity contribution in [3.8, 4) is 0 Å². The number of aliphatic imine (C=N–C) groups is 1. The first-order chi connectivity index (χ1) is 13.7. The molecule has 1 saturated heterocycles. The number of nitrogens with zero attached hydrogens (tertiary/aromatic N) is 3. The van der Waals surface area contributed by atoms with Gasteiger partial charge in [0, 0.05) is 44.5 Å². The zero-order valence-electron chi connectivity index (χ0n) is 17.7. The SMILES string of the molecule is CN=C(NCC(Cc1ccccc1)N(C)C)NC1CCN(c2ccccc2)C1.I. The number of hydrogen-bond donors (Lipinski definition) is 2. The molecule has 2 unspecified atom stereocenters. The summed E-state index contributed by atoms with van der Waals surface area (Å²) in [5.74, 6) is 0.889. The molecule has 3 rings (SSSR count). The van der Waals surface area contributed by atoms with E-state index in [0.29, 0.717) is 12.1 Å². The Bertz CT molecular complexity index is 735. The molecular formula is C23H34IN5. The molecule has 158 valence electrons. The Morgan fingerprint density at radius 3 is 2.38 bits per heavy atom. The minimum atomic E-state index is 0. The second kappa shape index (κ2) is 12.0. The lowest BCUT2D eigenvalue weighted by molar-refractivity contribution is 0.290. The van der Waals surface area contributed by atoms with E-state index in [2.05, 4.69) is 100 Å². The quantitative estimate of drug-likeness (QED) is 0.343. The van der Waals surface area contributed by atoms with Crippen LogP contribution in [0.15, 0.2) is 65.7 Å². The van der Waals surface area contributed by atoms with Crippen molar-refractivity contribution in [3.05, 3.63) is 66.2 Å². The lowest BCUT2D eigenvalue weighted by Crippen LogP contribution is -2.49. The molecule has 1 fully saturated rings. The maximum Gasteiger partial charge on any atom is 0.191 e. The van der Waals surface area contributed by atoms with Gasteiger partial charge in [-0.15, -0.1) is 24.0 Å². The number of halogens is 1. The molecule has 5 nitrogen and oxygen atoms in total. The Morgan fingerprint density at radius 1 is 1.10 bits per heavy atom. The molecule has 0 aliphatic carbocycles. The van der Waals surface area contributed by atoms with E-state index in [9.17, 15) is 0 Å². The highest BCUT2D eigenvalue weighted by molar-refractivity contribution is 14.0. The number of benzene rings is 2. The second-order valence-electron chi connectivity index (χ2n) is 7.67. The molecule has 0 radical (unpaired) electrons. The average Bonchev–Trinajstić information content (AvgIpc) is 3.20. The minimum Gasteiger partial charge on any atom is -0.369 e. The summed E-state index contributed by atoms with van der Waals surface area (Å²) < 4.78 is 0. The number of rotatable bonds is 7. The van der Waals surface area contributed by atoms with Crippen LogP contribution < -0.4 is 15.5 Å². The topological polar surface area (TPSA) is 42.9 Å². The zero-order valence-corrected chi connectivity index (χ0v) is 20.0. The van der Waals surface area contributed by atoms with Gasteiger partial charge in [0.1, 0.15) is 0 Å². The Balaban J connectivity index is 0.00000300. The van der Waals surface area contributed by atoms with E-state index in [0.717, 1.165) is 38.4 Å². The molecule has 0 amide bonds. The van der Waals surface area contributed by atoms with Gasteiger partial charge in [-0.1, -0.05) is 48.5 Å². The first-order valence-corrected chi connectivity index (χ1v) is 10.1. The largest absolute Gasteiger partial charge is 0.369 e. The smallest absolute Gasteiger partial charge is 0.191 e. The standard InChI is InChI=1S/C23H33N5.HI/c1-24-23(25-17-22(27(2)3)16-19-10-6-4-7-11-19)26-20-14-15-28(18-20)21-12-8-5-9-13-21;/h4-13,20,22H,14-18H2,1-3H3,(H2,24,25,26);1H. The molecule has 2 atom stereocenters. The number of guanidine groups is 1. The third kappa shape index (κ3) is 7.19. The van der Waals surface area contributed by atoms with E-state index < -0.39 is 0 Å². The first-order valence-electron chi connectivity index (χ1n) is 10.1. The van der Waals surface area contributed by atoms with Gasteiger partial charge < -0.3 is 20.4 Å². The number of nitrogens with one attached hydrogen (secondary N) is 2. The highest BCUT2D eigenvalue weighted by atomic mass is 127. The van der Waals surface area contributed by atoms with Crippen LogP contribution in [0.25, 0.3) is 0 Å². The fourth-order valence-corrected chi connectivity index (χ4v) is 3.68. The molecule has 2 aromatic carbocycles. The van der Waals surface area contributed by atoms with Crippen molar-refractivity contribution in [2.45, 2.75) is 24.9 Å². The van der Waals surface area contributed by atoms with Gasteiger partial charge in [0.15, 0.2) is 5.96 Å². The van der Waals surface area contributed by atoms with Crippen molar-refractivity contribution < 1.29 is 0 Å². The van der Waals surface area contributed by atoms with Crippen LogP contribution in [0.1, 0.15) is 12.0 Å². The first kappa shape index (κ1) is 23.5. The maximum absolute atomic E-state index is 4.45. The van der Waals surface area contributed by atoms with Crippen molar-refractivity contribution in [1.29, 1.82) is 0 Å². The van der Waals surface area contributed by atoms with E-state index in [1.165, 1.54) is 11.3 Å². The zero-order chi connectivity index (χ0) is 19.8. The highest BCUT2D eigenvalue weighted by Gasteiger charge is 2.23. The number of para-hydroxylation sites is 1. The molecule has 29 heavy (non-hydrogen) atoms. The second-order valence-corrected chi connectivity index (χ2v) is 7.67. The van der Waals surface area contributed by atoms with E-state index in [1.54, 1.807) is 0 Å². The van der Waals surface area contributed by atoms with Crippen molar-refractivity contribution in [3.63, 3.8) is 0 Å². The molecule has 0 aromatic heterocycles. The van der Waals surface area contributed by atoms with Crippen LogP contribution in [0, 0.1) is 0 Å². The van der Waals surface area contributed by atoms with Gasteiger partial charge in [0.05, 0.1) is 0 Å². The average molecular weight is 507 g/mol. The predicted octanol–water partition coefficient (Wildman–Crippen LogP) is 3.22. The van der Waals surface area contributed by atoms with Gasteiger partial charge >= 0.3 is 0 Å². The van der Waals surface area contributed by atoms with Crippen molar-refractivity contribution in [2.75, 3.05) is 45.7 Å². The van der Waals surface area contributed by atoms with Gasteiger partial charge in [-0.05, 0) is 44.6 Å². The predicted molar refractivity (Wildman–Crippen MR) is 135 cm³/mol. The molecule has 2 aromatic rings. The van der Waals surface area contributed by atoms with Crippen LogP contribution in [0.3, 0.4) is 0 Å². The normalized spacial score (nSPS) is 17.7. The third-order valence-corrected chi connectivity index (χ3v) is 5.42. The van der Waals surface area contributed by atoms with Crippen molar-refractivity contribution in [1.82, 2.24) is 15.5 Å². The minimum absolute atomic E-state index is 0. The fourth-order valence-electron chi connectivity index (χ4n) is 3.68. The Kier molecular flexibility index (Phi) is 9.73. The van der Waals surface area contributed by atoms with Crippen molar-refractivity contribution in [2.24, 2.45) is 4.99 Å². The van der Waals surface area contributed by atoms with Crippen LogP contribution in [0.5, 0.6) is 0 Å². The summed E-state index contributed by atoms with van der Waals surface area (Å²) in [6.07, 6.45) is 2.14.